The predicted octanol–water partition coefficient (Wildman–Crippen LogP) is 0.137. The molecule has 2 saturated heterocycles. The van der Waals surface area contributed by atoms with E-state index < -0.39 is 0 Å². The van der Waals surface area contributed by atoms with Gasteiger partial charge >= 0.3 is 0 Å². The van der Waals surface area contributed by atoms with Crippen molar-refractivity contribution in [3.8, 4) is 0 Å². The zero-order valence-electron chi connectivity index (χ0n) is 7.38. The average molecular weight is 171 g/mol. The number of hydrogen-bond acceptors (Lipinski definition) is 3. The largest absolute Gasteiger partial charge is 0.394 e. The molecule has 2 rings (SSSR count). The van der Waals surface area contributed by atoms with Crippen LogP contribution in [-0.4, -0.2) is 37.5 Å². The SMILES string of the molecule is OC[C@@H]1CC2(CCNCC2)CO1. The minimum atomic E-state index is 0.114. The van der Waals surface area contributed by atoms with Gasteiger partial charge in [0.2, 0.25) is 0 Å². The molecule has 0 aromatic heterocycles. The van der Waals surface area contributed by atoms with Gasteiger partial charge in [0.25, 0.3) is 0 Å². The van der Waals surface area contributed by atoms with E-state index in [0.29, 0.717) is 5.41 Å². The van der Waals surface area contributed by atoms with E-state index in [9.17, 15) is 0 Å². The first-order valence-corrected chi connectivity index (χ1v) is 4.78. The molecular weight excluding hydrogens is 154 g/mol. The van der Waals surface area contributed by atoms with Gasteiger partial charge in [-0.1, -0.05) is 0 Å². The highest BCUT2D eigenvalue weighted by atomic mass is 16.5. The Morgan fingerprint density at radius 1 is 1.42 bits per heavy atom. The number of hydrogen-bond donors (Lipinski definition) is 2. The number of piperidine rings is 1. The third kappa shape index (κ3) is 1.49. The molecule has 2 fully saturated rings. The minimum absolute atomic E-state index is 0.114. The van der Waals surface area contributed by atoms with Gasteiger partial charge in [0.05, 0.1) is 19.3 Å². The number of aliphatic hydroxyl groups is 1. The first-order valence-electron chi connectivity index (χ1n) is 4.78. The molecule has 2 N–H and O–H groups in total. The number of ether oxygens (including phenoxy) is 1. The maximum Gasteiger partial charge on any atom is 0.0812 e. The van der Waals surface area contributed by atoms with Crippen LogP contribution in [0.1, 0.15) is 19.3 Å². The van der Waals surface area contributed by atoms with Crippen LogP contribution in [0.2, 0.25) is 0 Å². The van der Waals surface area contributed by atoms with Crippen LogP contribution in [0.5, 0.6) is 0 Å². The molecule has 3 nitrogen and oxygen atoms in total. The van der Waals surface area contributed by atoms with Gasteiger partial charge in [-0.25, -0.2) is 0 Å². The molecule has 1 spiro atoms. The molecule has 0 amide bonds. The van der Waals surface area contributed by atoms with Crippen LogP contribution in [0.25, 0.3) is 0 Å². The molecule has 2 aliphatic heterocycles. The Hall–Kier alpha value is -0.120. The quantitative estimate of drug-likeness (QED) is 0.589. The van der Waals surface area contributed by atoms with Gasteiger partial charge in [0.15, 0.2) is 0 Å². The summed E-state index contributed by atoms with van der Waals surface area (Å²) in [5.74, 6) is 0. The van der Waals surface area contributed by atoms with Crippen molar-refractivity contribution < 1.29 is 9.84 Å². The lowest BCUT2D eigenvalue weighted by molar-refractivity contribution is 0.0500. The summed E-state index contributed by atoms with van der Waals surface area (Å²) < 4.78 is 5.52. The fraction of sp³-hybridized carbons (Fsp3) is 1.00. The first-order chi connectivity index (χ1) is 5.85. The van der Waals surface area contributed by atoms with Crippen LogP contribution in [0, 0.1) is 5.41 Å². The van der Waals surface area contributed by atoms with E-state index in [-0.39, 0.29) is 12.7 Å². The Labute approximate surface area is 73.1 Å². The van der Waals surface area contributed by atoms with Crippen LogP contribution in [-0.2, 0) is 4.74 Å². The molecule has 2 heterocycles. The van der Waals surface area contributed by atoms with E-state index in [1.165, 1.54) is 12.8 Å². The molecule has 0 aliphatic carbocycles. The molecule has 12 heavy (non-hydrogen) atoms. The van der Waals surface area contributed by atoms with Gasteiger partial charge in [-0.2, -0.15) is 0 Å². The van der Waals surface area contributed by atoms with Crippen molar-refractivity contribution in [2.75, 3.05) is 26.3 Å². The second kappa shape index (κ2) is 3.32. The smallest absolute Gasteiger partial charge is 0.0812 e. The van der Waals surface area contributed by atoms with E-state index in [1.807, 2.05) is 0 Å². The topological polar surface area (TPSA) is 41.5 Å². The predicted molar refractivity (Wildman–Crippen MR) is 46.0 cm³/mol. The number of nitrogens with one attached hydrogen (secondary N) is 1. The van der Waals surface area contributed by atoms with Crippen LogP contribution < -0.4 is 5.32 Å². The molecule has 3 heteroatoms. The second-order valence-electron chi connectivity index (χ2n) is 4.07. The molecular formula is C9H17NO2. The van der Waals surface area contributed by atoms with Gasteiger partial charge in [-0.05, 0) is 37.8 Å². The third-order valence-corrected chi connectivity index (χ3v) is 3.15. The molecule has 0 aromatic rings. The summed E-state index contributed by atoms with van der Waals surface area (Å²) in [5.41, 5.74) is 0.401. The molecule has 0 bridgehead atoms. The Morgan fingerprint density at radius 2 is 2.17 bits per heavy atom. The van der Waals surface area contributed by atoms with Crippen molar-refractivity contribution in [3.63, 3.8) is 0 Å². The van der Waals surface area contributed by atoms with Crippen LogP contribution in [0.3, 0.4) is 0 Å². The summed E-state index contributed by atoms with van der Waals surface area (Å²) in [6.45, 7) is 3.28. The zero-order chi connectivity index (χ0) is 8.44. The Balaban J connectivity index is 1.94. The van der Waals surface area contributed by atoms with Crippen molar-refractivity contribution >= 4 is 0 Å². The lowest BCUT2D eigenvalue weighted by atomic mass is 9.77. The summed E-state index contributed by atoms with van der Waals surface area (Å²) in [7, 11) is 0. The monoisotopic (exact) mass is 171 g/mol. The van der Waals surface area contributed by atoms with Gasteiger partial charge in [0, 0.05) is 0 Å². The average Bonchev–Trinajstić information content (AvgIpc) is 2.50. The highest BCUT2D eigenvalue weighted by molar-refractivity contribution is 4.91. The summed E-state index contributed by atoms with van der Waals surface area (Å²) in [6, 6.07) is 0. The van der Waals surface area contributed by atoms with Crippen molar-refractivity contribution in [2.24, 2.45) is 5.41 Å². The fourth-order valence-corrected chi connectivity index (χ4v) is 2.32. The zero-order valence-corrected chi connectivity index (χ0v) is 7.38. The highest BCUT2D eigenvalue weighted by Gasteiger charge is 2.40. The van der Waals surface area contributed by atoms with Crippen molar-refractivity contribution in [1.82, 2.24) is 5.32 Å². The standard InChI is InChI=1S/C9H17NO2/c11-6-8-5-9(7-12-8)1-3-10-4-2-9/h8,10-11H,1-7H2/t8-/m0/s1. The first kappa shape index (κ1) is 8.48. The van der Waals surface area contributed by atoms with Crippen molar-refractivity contribution in [1.29, 1.82) is 0 Å². The Bertz CT molecular complexity index is 155. The molecule has 0 radical (unpaired) electrons. The van der Waals surface area contributed by atoms with Gasteiger partial charge in [-0.3, -0.25) is 0 Å². The maximum atomic E-state index is 8.94. The summed E-state index contributed by atoms with van der Waals surface area (Å²) in [6.07, 6.45) is 3.60. The van der Waals surface area contributed by atoms with Crippen LogP contribution in [0.4, 0.5) is 0 Å². The Morgan fingerprint density at radius 3 is 2.75 bits per heavy atom. The fourth-order valence-electron chi connectivity index (χ4n) is 2.32. The minimum Gasteiger partial charge on any atom is -0.394 e. The second-order valence-corrected chi connectivity index (χ2v) is 4.07. The van der Waals surface area contributed by atoms with Crippen LogP contribution in [0.15, 0.2) is 0 Å². The molecule has 0 aromatic carbocycles. The van der Waals surface area contributed by atoms with E-state index in [2.05, 4.69) is 5.32 Å². The van der Waals surface area contributed by atoms with Gasteiger partial charge in [0.1, 0.15) is 0 Å². The molecule has 1 atom stereocenters. The van der Waals surface area contributed by atoms with Crippen molar-refractivity contribution in [2.45, 2.75) is 25.4 Å². The summed E-state index contributed by atoms with van der Waals surface area (Å²) >= 11 is 0. The lowest BCUT2D eigenvalue weighted by Gasteiger charge is -2.32. The normalized spacial score (nSPS) is 34.2. The summed E-state index contributed by atoms with van der Waals surface area (Å²) in [5, 5.41) is 12.3. The maximum absolute atomic E-state index is 8.94. The molecule has 70 valence electrons. The van der Waals surface area contributed by atoms with Crippen LogP contribution >= 0.6 is 0 Å². The Kier molecular flexibility index (Phi) is 2.35. The lowest BCUT2D eigenvalue weighted by Crippen LogP contribution is -2.37. The van der Waals surface area contributed by atoms with Gasteiger partial charge < -0.3 is 15.2 Å². The van der Waals surface area contributed by atoms with E-state index >= 15 is 0 Å². The molecule has 2 aliphatic rings. The van der Waals surface area contributed by atoms with E-state index in [0.717, 1.165) is 26.1 Å². The number of aliphatic hydroxyl groups excluding tert-OH is 1. The third-order valence-electron chi connectivity index (χ3n) is 3.15. The highest BCUT2D eigenvalue weighted by Crippen LogP contribution is 2.39. The molecule has 0 saturated carbocycles. The van der Waals surface area contributed by atoms with E-state index in [1.54, 1.807) is 0 Å². The van der Waals surface area contributed by atoms with E-state index in [4.69, 9.17) is 9.84 Å². The van der Waals surface area contributed by atoms with Crippen molar-refractivity contribution in [3.05, 3.63) is 0 Å². The number of rotatable bonds is 1. The van der Waals surface area contributed by atoms with Gasteiger partial charge in [-0.15, -0.1) is 0 Å². The molecule has 0 unspecified atom stereocenters. The summed E-state index contributed by atoms with van der Waals surface area (Å²) in [4.78, 5) is 0.